The Morgan fingerprint density at radius 1 is 1.44 bits per heavy atom. The summed E-state index contributed by atoms with van der Waals surface area (Å²) in [7, 11) is 1.49. The van der Waals surface area contributed by atoms with Gasteiger partial charge >= 0.3 is 12.0 Å². The number of carboxylic acids is 1. The standard InChI is InChI=1S/C11H22N2O3/c1-6-8(2)7-12-10(16)13(5)11(3,4)9(14)15/h8H,6-7H2,1-5H3,(H,12,16)(H,14,15). The molecule has 0 aromatic rings. The Morgan fingerprint density at radius 3 is 2.31 bits per heavy atom. The molecule has 0 spiro atoms. The molecule has 94 valence electrons. The number of carbonyl (C=O) groups excluding carboxylic acids is 1. The van der Waals surface area contributed by atoms with Crippen LogP contribution in [0, 0.1) is 5.92 Å². The van der Waals surface area contributed by atoms with Crippen LogP contribution in [0.2, 0.25) is 0 Å². The molecule has 0 fully saturated rings. The van der Waals surface area contributed by atoms with Crippen LogP contribution in [0.3, 0.4) is 0 Å². The number of urea groups is 1. The fourth-order valence-corrected chi connectivity index (χ4v) is 0.922. The number of carboxylic acid groups (broad SMARTS) is 1. The number of hydrogen-bond acceptors (Lipinski definition) is 2. The van der Waals surface area contributed by atoms with Gasteiger partial charge in [0, 0.05) is 13.6 Å². The van der Waals surface area contributed by atoms with Crippen molar-refractivity contribution in [2.75, 3.05) is 13.6 Å². The van der Waals surface area contributed by atoms with Crippen LogP contribution in [0.15, 0.2) is 0 Å². The van der Waals surface area contributed by atoms with Crippen molar-refractivity contribution < 1.29 is 14.7 Å². The molecular weight excluding hydrogens is 208 g/mol. The normalized spacial score (nSPS) is 13.1. The number of rotatable bonds is 5. The minimum atomic E-state index is -1.19. The summed E-state index contributed by atoms with van der Waals surface area (Å²) < 4.78 is 0. The first-order chi connectivity index (χ1) is 7.23. The molecular formula is C11H22N2O3. The third-order valence-corrected chi connectivity index (χ3v) is 2.97. The van der Waals surface area contributed by atoms with E-state index in [2.05, 4.69) is 5.32 Å². The smallest absolute Gasteiger partial charge is 0.329 e. The fourth-order valence-electron chi connectivity index (χ4n) is 0.922. The average molecular weight is 230 g/mol. The van der Waals surface area contributed by atoms with E-state index in [1.54, 1.807) is 0 Å². The minimum absolute atomic E-state index is 0.354. The highest BCUT2D eigenvalue weighted by atomic mass is 16.4. The van der Waals surface area contributed by atoms with Gasteiger partial charge in [0.25, 0.3) is 0 Å². The topological polar surface area (TPSA) is 69.6 Å². The third-order valence-electron chi connectivity index (χ3n) is 2.97. The summed E-state index contributed by atoms with van der Waals surface area (Å²) in [6.07, 6.45) is 0.978. The molecule has 0 bridgehead atoms. The van der Waals surface area contributed by atoms with E-state index in [0.717, 1.165) is 6.42 Å². The van der Waals surface area contributed by atoms with Crippen LogP contribution in [-0.4, -0.2) is 41.1 Å². The predicted molar refractivity (Wildman–Crippen MR) is 62.3 cm³/mol. The van der Waals surface area contributed by atoms with Gasteiger partial charge in [0.1, 0.15) is 5.54 Å². The van der Waals surface area contributed by atoms with Gasteiger partial charge in [0.2, 0.25) is 0 Å². The number of likely N-dealkylation sites (N-methyl/N-ethyl adjacent to an activating group) is 1. The summed E-state index contributed by atoms with van der Waals surface area (Å²) in [6.45, 7) is 7.63. The Hall–Kier alpha value is -1.26. The molecule has 0 aromatic heterocycles. The second-order valence-electron chi connectivity index (χ2n) is 4.62. The van der Waals surface area contributed by atoms with E-state index in [1.165, 1.54) is 25.8 Å². The number of amides is 2. The molecule has 0 saturated carbocycles. The van der Waals surface area contributed by atoms with Gasteiger partial charge in [-0.25, -0.2) is 9.59 Å². The van der Waals surface area contributed by atoms with Gasteiger partial charge in [0.05, 0.1) is 0 Å². The van der Waals surface area contributed by atoms with E-state index in [4.69, 9.17) is 5.11 Å². The van der Waals surface area contributed by atoms with E-state index in [1.807, 2.05) is 13.8 Å². The Balaban J connectivity index is 4.34. The van der Waals surface area contributed by atoms with Crippen LogP contribution in [0.4, 0.5) is 4.79 Å². The largest absolute Gasteiger partial charge is 0.480 e. The summed E-state index contributed by atoms with van der Waals surface area (Å²) in [6, 6.07) is -0.354. The zero-order valence-electron chi connectivity index (χ0n) is 10.7. The zero-order chi connectivity index (χ0) is 12.9. The van der Waals surface area contributed by atoms with Gasteiger partial charge in [-0.3, -0.25) is 0 Å². The molecule has 1 unspecified atom stereocenters. The van der Waals surface area contributed by atoms with Crippen molar-refractivity contribution in [1.82, 2.24) is 10.2 Å². The molecule has 0 aliphatic heterocycles. The second-order valence-corrected chi connectivity index (χ2v) is 4.62. The van der Waals surface area contributed by atoms with Crippen molar-refractivity contribution in [1.29, 1.82) is 0 Å². The summed E-state index contributed by atoms with van der Waals surface area (Å²) in [5, 5.41) is 11.7. The van der Waals surface area contributed by atoms with E-state index < -0.39 is 11.5 Å². The SMILES string of the molecule is CCC(C)CNC(=O)N(C)C(C)(C)C(=O)O. The van der Waals surface area contributed by atoms with Crippen LogP contribution < -0.4 is 5.32 Å². The third kappa shape index (κ3) is 3.72. The van der Waals surface area contributed by atoms with Gasteiger partial charge in [-0.05, 0) is 19.8 Å². The van der Waals surface area contributed by atoms with Gasteiger partial charge in [-0.2, -0.15) is 0 Å². The molecule has 0 aliphatic carbocycles. The van der Waals surface area contributed by atoms with Gasteiger partial charge in [-0.15, -0.1) is 0 Å². The van der Waals surface area contributed by atoms with Crippen molar-refractivity contribution >= 4 is 12.0 Å². The lowest BCUT2D eigenvalue weighted by Gasteiger charge is -2.31. The van der Waals surface area contributed by atoms with Crippen molar-refractivity contribution in [3.63, 3.8) is 0 Å². The summed E-state index contributed by atoms with van der Waals surface area (Å²) in [5.41, 5.74) is -1.19. The molecule has 5 nitrogen and oxygen atoms in total. The van der Waals surface area contributed by atoms with E-state index >= 15 is 0 Å². The van der Waals surface area contributed by atoms with Gasteiger partial charge < -0.3 is 15.3 Å². The molecule has 0 aromatic carbocycles. The minimum Gasteiger partial charge on any atom is -0.480 e. The Kier molecular flexibility index (Phi) is 5.27. The highest BCUT2D eigenvalue weighted by Gasteiger charge is 2.35. The van der Waals surface area contributed by atoms with Crippen molar-refractivity contribution in [2.45, 2.75) is 39.7 Å². The summed E-state index contributed by atoms with van der Waals surface area (Å²) >= 11 is 0. The lowest BCUT2D eigenvalue weighted by Crippen LogP contribution is -2.54. The first kappa shape index (κ1) is 14.7. The summed E-state index contributed by atoms with van der Waals surface area (Å²) in [5.74, 6) is -0.626. The maximum atomic E-state index is 11.7. The second kappa shape index (κ2) is 5.72. The highest BCUT2D eigenvalue weighted by Crippen LogP contribution is 2.12. The van der Waals surface area contributed by atoms with Gasteiger partial charge in [0.15, 0.2) is 0 Å². The zero-order valence-corrected chi connectivity index (χ0v) is 10.7. The van der Waals surface area contributed by atoms with Gasteiger partial charge in [-0.1, -0.05) is 20.3 Å². The van der Waals surface area contributed by atoms with Crippen LogP contribution in [-0.2, 0) is 4.79 Å². The molecule has 0 heterocycles. The fraction of sp³-hybridized carbons (Fsp3) is 0.818. The lowest BCUT2D eigenvalue weighted by atomic mass is 10.0. The molecule has 0 aliphatic rings. The molecule has 5 heteroatoms. The number of carbonyl (C=O) groups is 2. The Labute approximate surface area is 96.8 Å². The average Bonchev–Trinajstić information content (AvgIpc) is 2.23. The highest BCUT2D eigenvalue weighted by molar-refractivity contribution is 5.85. The predicted octanol–water partition coefficient (Wildman–Crippen LogP) is 1.54. The maximum Gasteiger partial charge on any atom is 0.329 e. The van der Waals surface area contributed by atoms with E-state index in [-0.39, 0.29) is 6.03 Å². The first-order valence-corrected chi connectivity index (χ1v) is 5.48. The van der Waals surface area contributed by atoms with E-state index in [9.17, 15) is 9.59 Å². The molecule has 16 heavy (non-hydrogen) atoms. The van der Waals surface area contributed by atoms with Crippen LogP contribution in [0.1, 0.15) is 34.1 Å². The first-order valence-electron chi connectivity index (χ1n) is 5.48. The molecule has 0 rings (SSSR count). The van der Waals surface area contributed by atoms with E-state index in [0.29, 0.717) is 12.5 Å². The van der Waals surface area contributed by atoms with Crippen LogP contribution in [0.5, 0.6) is 0 Å². The molecule has 1 atom stereocenters. The van der Waals surface area contributed by atoms with Crippen LogP contribution in [0.25, 0.3) is 0 Å². The molecule has 2 N–H and O–H groups in total. The number of nitrogens with one attached hydrogen (secondary N) is 1. The van der Waals surface area contributed by atoms with Crippen LogP contribution >= 0.6 is 0 Å². The summed E-state index contributed by atoms with van der Waals surface area (Å²) in [4.78, 5) is 23.8. The number of nitrogens with zero attached hydrogens (tertiary/aromatic N) is 1. The monoisotopic (exact) mass is 230 g/mol. The Bertz CT molecular complexity index is 264. The number of hydrogen-bond donors (Lipinski definition) is 2. The maximum absolute atomic E-state index is 11.7. The van der Waals surface area contributed by atoms with Crippen molar-refractivity contribution in [2.24, 2.45) is 5.92 Å². The number of aliphatic carboxylic acids is 1. The Morgan fingerprint density at radius 2 is 1.94 bits per heavy atom. The lowest BCUT2D eigenvalue weighted by molar-refractivity contribution is -0.146. The molecule has 0 radical (unpaired) electrons. The van der Waals surface area contributed by atoms with Crippen molar-refractivity contribution in [3.8, 4) is 0 Å². The quantitative estimate of drug-likeness (QED) is 0.752. The van der Waals surface area contributed by atoms with Crippen molar-refractivity contribution in [3.05, 3.63) is 0 Å². The molecule has 0 saturated heterocycles. The molecule has 2 amide bonds.